The molecule has 21 heavy (non-hydrogen) atoms. The Morgan fingerprint density at radius 3 is 2.67 bits per heavy atom. The monoisotopic (exact) mass is 283 g/mol. The number of rotatable bonds is 4. The lowest BCUT2D eigenvalue weighted by Gasteiger charge is -2.28. The van der Waals surface area contributed by atoms with Gasteiger partial charge >= 0.3 is 0 Å². The highest BCUT2D eigenvalue weighted by molar-refractivity contribution is 5.56. The van der Waals surface area contributed by atoms with Crippen molar-refractivity contribution >= 4 is 5.82 Å². The maximum atomic E-state index is 4.68. The van der Waals surface area contributed by atoms with Crippen molar-refractivity contribution in [3.63, 3.8) is 0 Å². The number of nitrogens with one attached hydrogen (secondary N) is 1. The van der Waals surface area contributed by atoms with Crippen molar-refractivity contribution in [2.24, 2.45) is 5.92 Å². The van der Waals surface area contributed by atoms with Crippen LogP contribution in [-0.2, 0) is 0 Å². The van der Waals surface area contributed by atoms with Gasteiger partial charge in [0.15, 0.2) is 5.82 Å². The predicted molar refractivity (Wildman–Crippen MR) is 84.1 cm³/mol. The number of anilines is 1. The van der Waals surface area contributed by atoms with E-state index in [0.717, 1.165) is 42.8 Å². The number of hydrogen-bond acceptors (Lipinski definition) is 5. The summed E-state index contributed by atoms with van der Waals surface area (Å²) in [4.78, 5) is 15.3. The van der Waals surface area contributed by atoms with E-state index in [9.17, 15) is 0 Å². The SMILES string of the molecule is CN(CC1CCNCC1)c1ccnc(-c2ccncc2)n1. The third-order valence-corrected chi connectivity index (χ3v) is 3.96. The summed E-state index contributed by atoms with van der Waals surface area (Å²) in [6.45, 7) is 3.31. The average molecular weight is 283 g/mol. The van der Waals surface area contributed by atoms with E-state index in [2.05, 4.69) is 32.2 Å². The summed E-state index contributed by atoms with van der Waals surface area (Å²) < 4.78 is 0. The largest absolute Gasteiger partial charge is 0.359 e. The minimum atomic E-state index is 0.746. The summed E-state index contributed by atoms with van der Waals surface area (Å²) in [6, 6.07) is 5.85. The lowest BCUT2D eigenvalue weighted by atomic mass is 9.98. The standard InChI is InChI=1S/C16H21N5/c1-21(12-13-2-7-17-8-3-13)15-6-11-19-16(20-15)14-4-9-18-10-5-14/h4-6,9-11,13,17H,2-3,7-8,12H2,1H3. The fourth-order valence-corrected chi connectivity index (χ4v) is 2.75. The van der Waals surface area contributed by atoms with E-state index in [-0.39, 0.29) is 0 Å². The normalized spacial score (nSPS) is 15.9. The van der Waals surface area contributed by atoms with Gasteiger partial charge in [0.1, 0.15) is 5.82 Å². The molecule has 0 saturated carbocycles. The molecule has 3 heterocycles. The lowest BCUT2D eigenvalue weighted by molar-refractivity contribution is 0.377. The van der Waals surface area contributed by atoms with E-state index < -0.39 is 0 Å². The van der Waals surface area contributed by atoms with Gasteiger partial charge in [-0.1, -0.05) is 0 Å². The first-order chi connectivity index (χ1) is 10.3. The Bertz CT molecular complexity index is 566. The molecule has 0 spiro atoms. The minimum Gasteiger partial charge on any atom is -0.359 e. The molecule has 1 aliphatic heterocycles. The Hall–Kier alpha value is -2.01. The molecule has 0 amide bonds. The quantitative estimate of drug-likeness (QED) is 0.930. The second-order valence-corrected chi connectivity index (χ2v) is 5.55. The summed E-state index contributed by atoms with van der Waals surface area (Å²) in [5.41, 5.74) is 1.00. The number of piperidine rings is 1. The van der Waals surface area contributed by atoms with Gasteiger partial charge in [0.25, 0.3) is 0 Å². The summed E-state index contributed by atoms with van der Waals surface area (Å²) >= 11 is 0. The average Bonchev–Trinajstić information content (AvgIpc) is 2.57. The molecule has 2 aromatic heterocycles. The summed E-state index contributed by atoms with van der Waals surface area (Å²) in [5, 5.41) is 3.41. The van der Waals surface area contributed by atoms with Crippen LogP contribution in [0.2, 0.25) is 0 Å². The predicted octanol–water partition coefficient (Wildman–Crippen LogP) is 1.97. The highest BCUT2D eigenvalue weighted by Gasteiger charge is 2.16. The van der Waals surface area contributed by atoms with Gasteiger partial charge in [-0.25, -0.2) is 9.97 Å². The van der Waals surface area contributed by atoms with Gasteiger partial charge in [0, 0.05) is 37.7 Å². The van der Waals surface area contributed by atoms with E-state index in [1.807, 2.05) is 24.4 Å². The Morgan fingerprint density at radius 1 is 1.14 bits per heavy atom. The zero-order valence-corrected chi connectivity index (χ0v) is 12.4. The summed E-state index contributed by atoms with van der Waals surface area (Å²) in [5.74, 6) is 2.48. The van der Waals surface area contributed by atoms with Gasteiger partial charge in [0.05, 0.1) is 0 Å². The molecule has 2 aromatic rings. The van der Waals surface area contributed by atoms with Gasteiger partial charge in [-0.05, 0) is 50.0 Å². The molecule has 1 aliphatic rings. The topological polar surface area (TPSA) is 53.9 Å². The van der Waals surface area contributed by atoms with Crippen LogP contribution < -0.4 is 10.2 Å². The minimum absolute atomic E-state index is 0.746. The molecule has 0 bridgehead atoms. The van der Waals surface area contributed by atoms with E-state index >= 15 is 0 Å². The van der Waals surface area contributed by atoms with Crippen molar-refractivity contribution in [3.8, 4) is 11.4 Å². The Kier molecular flexibility index (Phi) is 4.40. The highest BCUT2D eigenvalue weighted by atomic mass is 15.2. The Labute approximate surface area is 125 Å². The highest BCUT2D eigenvalue weighted by Crippen LogP contribution is 2.19. The van der Waals surface area contributed by atoms with Crippen LogP contribution in [0, 0.1) is 5.92 Å². The number of hydrogen-bond donors (Lipinski definition) is 1. The van der Waals surface area contributed by atoms with Crippen LogP contribution >= 0.6 is 0 Å². The summed E-state index contributed by atoms with van der Waals surface area (Å²) in [6.07, 6.45) is 7.85. The van der Waals surface area contributed by atoms with Crippen LogP contribution in [-0.4, -0.2) is 41.6 Å². The smallest absolute Gasteiger partial charge is 0.161 e. The molecule has 3 rings (SSSR count). The van der Waals surface area contributed by atoms with Gasteiger partial charge in [-0.2, -0.15) is 0 Å². The zero-order chi connectivity index (χ0) is 14.5. The van der Waals surface area contributed by atoms with Crippen LogP contribution in [0.5, 0.6) is 0 Å². The Morgan fingerprint density at radius 2 is 1.90 bits per heavy atom. The van der Waals surface area contributed by atoms with Crippen molar-refractivity contribution in [2.45, 2.75) is 12.8 Å². The van der Waals surface area contributed by atoms with Crippen LogP contribution in [0.1, 0.15) is 12.8 Å². The third kappa shape index (κ3) is 3.55. The maximum Gasteiger partial charge on any atom is 0.161 e. The van der Waals surface area contributed by atoms with Crippen LogP contribution in [0.15, 0.2) is 36.8 Å². The number of aromatic nitrogens is 3. The van der Waals surface area contributed by atoms with Gasteiger partial charge < -0.3 is 10.2 Å². The zero-order valence-electron chi connectivity index (χ0n) is 12.4. The van der Waals surface area contributed by atoms with Gasteiger partial charge in [0.2, 0.25) is 0 Å². The summed E-state index contributed by atoms with van der Waals surface area (Å²) in [7, 11) is 2.11. The fraction of sp³-hybridized carbons (Fsp3) is 0.438. The van der Waals surface area contributed by atoms with Crippen LogP contribution in [0.3, 0.4) is 0 Å². The molecular weight excluding hydrogens is 262 g/mol. The molecule has 1 fully saturated rings. The molecule has 5 nitrogen and oxygen atoms in total. The van der Waals surface area contributed by atoms with Crippen molar-refractivity contribution < 1.29 is 0 Å². The van der Waals surface area contributed by atoms with E-state index in [1.165, 1.54) is 12.8 Å². The number of pyridine rings is 1. The van der Waals surface area contributed by atoms with Crippen molar-refractivity contribution in [1.29, 1.82) is 0 Å². The molecule has 0 atom stereocenters. The second kappa shape index (κ2) is 6.63. The molecule has 0 unspecified atom stereocenters. The molecule has 0 aromatic carbocycles. The van der Waals surface area contributed by atoms with E-state index in [0.29, 0.717) is 0 Å². The first kappa shape index (κ1) is 13.9. The van der Waals surface area contributed by atoms with Gasteiger partial charge in [-0.15, -0.1) is 0 Å². The fourth-order valence-electron chi connectivity index (χ4n) is 2.75. The molecule has 0 radical (unpaired) electrons. The molecule has 110 valence electrons. The van der Waals surface area contributed by atoms with Crippen molar-refractivity contribution in [3.05, 3.63) is 36.8 Å². The second-order valence-electron chi connectivity index (χ2n) is 5.55. The third-order valence-electron chi connectivity index (χ3n) is 3.96. The van der Waals surface area contributed by atoms with E-state index in [1.54, 1.807) is 12.4 Å². The molecule has 1 saturated heterocycles. The first-order valence-corrected chi connectivity index (χ1v) is 7.48. The first-order valence-electron chi connectivity index (χ1n) is 7.48. The van der Waals surface area contributed by atoms with Crippen molar-refractivity contribution in [1.82, 2.24) is 20.3 Å². The molecular formula is C16H21N5. The van der Waals surface area contributed by atoms with Crippen LogP contribution in [0.25, 0.3) is 11.4 Å². The maximum absolute atomic E-state index is 4.68. The molecule has 5 heteroatoms. The molecule has 0 aliphatic carbocycles. The number of nitrogens with zero attached hydrogens (tertiary/aromatic N) is 4. The molecule has 1 N–H and O–H groups in total. The van der Waals surface area contributed by atoms with E-state index in [4.69, 9.17) is 0 Å². The lowest BCUT2D eigenvalue weighted by Crippen LogP contribution is -2.34. The van der Waals surface area contributed by atoms with Crippen molar-refractivity contribution in [2.75, 3.05) is 31.6 Å². The van der Waals surface area contributed by atoms with Crippen LogP contribution in [0.4, 0.5) is 5.82 Å². The van der Waals surface area contributed by atoms with Gasteiger partial charge in [-0.3, -0.25) is 4.98 Å². The Balaban J connectivity index is 1.73.